The van der Waals surface area contributed by atoms with Crippen LogP contribution in [0.25, 0.3) is 0 Å². The first kappa shape index (κ1) is 62.6. The van der Waals surface area contributed by atoms with Gasteiger partial charge in [0.1, 0.15) is 30.5 Å². The molecule has 0 saturated carbocycles. The molecular formula is C58H102O9. The predicted octanol–water partition coefficient (Wildman–Crippen LogP) is 14.0. The predicted molar refractivity (Wildman–Crippen MR) is 279 cm³/mol. The number of allylic oxidation sites excluding steroid dienone is 12. The number of esters is 1. The number of carbonyl (C=O) groups excluding carboxylic acids is 1. The Kier molecular flexibility index (Phi) is 45.5. The molecule has 1 fully saturated rings. The van der Waals surface area contributed by atoms with E-state index >= 15 is 0 Å². The molecule has 6 atom stereocenters. The van der Waals surface area contributed by atoms with Crippen molar-refractivity contribution in [3.8, 4) is 0 Å². The van der Waals surface area contributed by atoms with Crippen LogP contribution < -0.4 is 0 Å². The van der Waals surface area contributed by atoms with Gasteiger partial charge in [0.2, 0.25) is 0 Å². The largest absolute Gasteiger partial charge is 0.457 e. The van der Waals surface area contributed by atoms with Crippen LogP contribution >= 0.6 is 0 Å². The molecule has 0 aromatic heterocycles. The Morgan fingerprint density at radius 2 is 0.910 bits per heavy atom. The summed E-state index contributed by atoms with van der Waals surface area (Å²) in [6.07, 6.45) is 58.0. The summed E-state index contributed by atoms with van der Waals surface area (Å²) in [5, 5.41) is 40.3. The molecule has 1 heterocycles. The quantitative estimate of drug-likeness (QED) is 0.0267. The van der Waals surface area contributed by atoms with Crippen molar-refractivity contribution in [1.29, 1.82) is 0 Å². The average molecular weight is 943 g/mol. The van der Waals surface area contributed by atoms with Crippen LogP contribution in [0.4, 0.5) is 0 Å². The molecule has 4 N–H and O–H groups in total. The molecule has 6 unspecified atom stereocenters. The van der Waals surface area contributed by atoms with Gasteiger partial charge in [-0.15, -0.1) is 0 Å². The number of hydrogen-bond acceptors (Lipinski definition) is 9. The minimum absolute atomic E-state index is 0.123. The molecule has 0 aromatic carbocycles. The third-order valence-electron chi connectivity index (χ3n) is 12.4. The normalized spacial score (nSPS) is 19.8. The van der Waals surface area contributed by atoms with Crippen LogP contribution in [0.3, 0.4) is 0 Å². The van der Waals surface area contributed by atoms with E-state index in [9.17, 15) is 25.2 Å². The summed E-state index contributed by atoms with van der Waals surface area (Å²) >= 11 is 0. The molecule has 0 bridgehead atoms. The number of aliphatic hydroxyl groups is 4. The summed E-state index contributed by atoms with van der Waals surface area (Å²) in [6, 6.07) is 0. The summed E-state index contributed by atoms with van der Waals surface area (Å²) in [5.41, 5.74) is 0. The zero-order valence-electron chi connectivity index (χ0n) is 42.9. The van der Waals surface area contributed by atoms with E-state index in [1.165, 1.54) is 116 Å². The van der Waals surface area contributed by atoms with E-state index in [0.717, 1.165) is 89.9 Å². The van der Waals surface area contributed by atoms with Gasteiger partial charge in [-0.25, -0.2) is 0 Å². The Morgan fingerprint density at radius 1 is 0.493 bits per heavy atom. The molecule has 67 heavy (non-hydrogen) atoms. The highest BCUT2D eigenvalue weighted by Crippen LogP contribution is 2.23. The first-order valence-electron chi connectivity index (χ1n) is 27.5. The molecule has 1 rings (SSSR count). The van der Waals surface area contributed by atoms with Gasteiger partial charge in [-0.2, -0.15) is 0 Å². The van der Waals surface area contributed by atoms with Gasteiger partial charge in [0.15, 0.2) is 6.29 Å². The van der Waals surface area contributed by atoms with E-state index in [-0.39, 0.29) is 19.2 Å². The van der Waals surface area contributed by atoms with Crippen molar-refractivity contribution in [2.75, 3.05) is 26.4 Å². The Hall–Kier alpha value is -2.37. The van der Waals surface area contributed by atoms with E-state index in [0.29, 0.717) is 13.0 Å². The molecular weight excluding hydrogens is 841 g/mol. The van der Waals surface area contributed by atoms with Gasteiger partial charge in [-0.1, -0.05) is 228 Å². The summed E-state index contributed by atoms with van der Waals surface area (Å²) in [4.78, 5) is 12.9. The lowest BCUT2D eigenvalue weighted by Gasteiger charge is -2.39. The summed E-state index contributed by atoms with van der Waals surface area (Å²) < 4.78 is 22.9. The van der Waals surface area contributed by atoms with Crippen molar-refractivity contribution in [3.63, 3.8) is 0 Å². The molecule has 388 valence electrons. The second-order valence-electron chi connectivity index (χ2n) is 18.7. The highest BCUT2D eigenvalue weighted by atomic mass is 16.7. The van der Waals surface area contributed by atoms with Crippen LogP contribution in [-0.2, 0) is 23.7 Å². The molecule has 9 nitrogen and oxygen atoms in total. The summed E-state index contributed by atoms with van der Waals surface area (Å²) in [7, 11) is 0. The fourth-order valence-electron chi connectivity index (χ4n) is 8.14. The highest BCUT2D eigenvalue weighted by Gasteiger charge is 2.44. The third-order valence-corrected chi connectivity index (χ3v) is 12.4. The minimum atomic E-state index is -1.54. The standard InChI is InChI=1S/C58H102O9/c1-3-5-7-9-11-13-15-17-19-21-23-25-26-27-28-30-32-34-36-38-40-42-44-46-48-64-50-52(51-65-58-57(63)56(62)55(61)53(49-59)67-58)66-54(60)47-45-43-41-39-37-35-33-31-29-24-22-20-18-16-14-12-10-8-6-4-2/h5,7,11,13,17,19,23,25,27-28,32,34,52-53,55-59,61-63H,3-4,6,8-10,12,14-16,18,20-22,24,26,29-31,33,35-51H2,1-2H3/b7-5-,13-11-,19-17-,25-23-,28-27-,34-32-. The maximum absolute atomic E-state index is 12.9. The van der Waals surface area contributed by atoms with Gasteiger partial charge in [-0.3, -0.25) is 4.79 Å². The van der Waals surface area contributed by atoms with E-state index in [2.05, 4.69) is 86.8 Å². The summed E-state index contributed by atoms with van der Waals surface area (Å²) in [5.74, 6) is -0.319. The SMILES string of the molecule is CC/C=C\C/C=C\C/C=C\C/C=C\C/C=C\C/C=C\CCCCCCCOCC(COC1OC(CO)C(O)C(O)C1O)OC(=O)CCCCCCCCCCCCCCCCCCCCCC. The molecule has 0 spiro atoms. The van der Waals surface area contributed by atoms with E-state index < -0.39 is 43.4 Å². The highest BCUT2D eigenvalue weighted by molar-refractivity contribution is 5.69. The van der Waals surface area contributed by atoms with Crippen LogP contribution in [-0.4, -0.2) is 89.6 Å². The second kappa shape index (κ2) is 48.6. The monoisotopic (exact) mass is 943 g/mol. The van der Waals surface area contributed by atoms with Crippen LogP contribution in [0.2, 0.25) is 0 Å². The van der Waals surface area contributed by atoms with Gasteiger partial charge in [0.25, 0.3) is 0 Å². The van der Waals surface area contributed by atoms with Crippen molar-refractivity contribution in [2.45, 2.75) is 263 Å². The maximum atomic E-state index is 12.9. The summed E-state index contributed by atoms with van der Waals surface area (Å²) in [6.45, 7) is 4.42. The fourth-order valence-corrected chi connectivity index (χ4v) is 8.14. The first-order chi connectivity index (χ1) is 32.9. The van der Waals surface area contributed by atoms with Crippen molar-refractivity contribution < 1.29 is 44.2 Å². The average Bonchev–Trinajstić information content (AvgIpc) is 3.33. The topological polar surface area (TPSA) is 135 Å². The molecule has 0 amide bonds. The number of ether oxygens (including phenoxy) is 4. The van der Waals surface area contributed by atoms with E-state index in [1.54, 1.807) is 0 Å². The molecule has 0 radical (unpaired) electrons. The number of unbranched alkanes of at least 4 members (excludes halogenated alkanes) is 24. The molecule has 0 aromatic rings. The number of aliphatic hydroxyl groups excluding tert-OH is 4. The van der Waals surface area contributed by atoms with Crippen LogP contribution in [0, 0.1) is 0 Å². The zero-order chi connectivity index (χ0) is 48.5. The van der Waals surface area contributed by atoms with Gasteiger partial charge in [0, 0.05) is 13.0 Å². The minimum Gasteiger partial charge on any atom is -0.457 e. The van der Waals surface area contributed by atoms with Gasteiger partial charge >= 0.3 is 5.97 Å². The lowest BCUT2D eigenvalue weighted by molar-refractivity contribution is -0.305. The lowest BCUT2D eigenvalue weighted by atomic mass is 9.99. The Balaban J connectivity index is 2.20. The van der Waals surface area contributed by atoms with Gasteiger partial charge < -0.3 is 39.4 Å². The number of carbonyl (C=O) groups is 1. The van der Waals surface area contributed by atoms with Gasteiger partial charge in [0.05, 0.1) is 19.8 Å². The Bertz CT molecular complexity index is 1260. The smallest absolute Gasteiger partial charge is 0.306 e. The fraction of sp³-hybridized carbons (Fsp3) is 0.776. The number of rotatable bonds is 47. The molecule has 0 aliphatic carbocycles. The molecule has 9 heteroatoms. The second-order valence-corrected chi connectivity index (χ2v) is 18.7. The van der Waals surface area contributed by atoms with Crippen molar-refractivity contribution in [3.05, 3.63) is 72.9 Å². The Labute approximate surface area is 410 Å². The lowest BCUT2D eigenvalue weighted by Crippen LogP contribution is -2.59. The van der Waals surface area contributed by atoms with Crippen molar-refractivity contribution >= 4 is 5.97 Å². The number of hydrogen-bond donors (Lipinski definition) is 4. The van der Waals surface area contributed by atoms with Crippen LogP contribution in [0.1, 0.15) is 226 Å². The molecule has 1 saturated heterocycles. The zero-order valence-corrected chi connectivity index (χ0v) is 42.9. The first-order valence-corrected chi connectivity index (χ1v) is 27.5. The van der Waals surface area contributed by atoms with E-state index in [4.69, 9.17) is 18.9 Å². The van der Waals surface area contributed by atoms with Crippen LogP contribution in [0.15, 0.2) is 72.9 Å². The van der Waals surface area contributed by atoms with Crippen molar-refractivity contribution in [1.82, 2.24) is 0 Å². The Morgan fingerprint density at radius 3 is 1.37 bits per heavy atom. The van der Waals surface area contributed by atoms with E-state index in [1.807, 2.05) is 0 Å². The van der Waals surface area contributed by atoms with Gasteiger partial charge in [-0.05, 0) is 64.2 Å². The maximum Gasteiger partial charge on any atom is 0.306 e. The third kappa shape index (κ3) is 39.1. The van der Waals surface area contributed by atoms with Crippen molar-refractivity contribution in [2.24, 2.45) is 0 Å². The molecule has 1 aliphatic heterocycles. The van der Waals surface area contributed by atoms with Crippen LogP contribution in [0.5, 0.6) is 0 Å². The molecule has 1 aliphatic rings.